The number of carbonyl (C=O) groups excluding carboxylic acids is 1. The Bertz CT molecular complexity index is 773. The van der Waals surface area contributed by atoms with Crippen molar-refractivity contribution in [3.8, 4) is 0 Å². The van der Waals surface area contributed by atoms with Crippen LogP contribution >= 0.6 is 0 Å². The van der Waals surface area contributed by atoms with Gasteiger partial charge in [-0.3, -0.25) is 4.79 Å². The van der Waals surface area contributed by atoms with Gasteiger partial charge in [-0.15, -0.1) is 0 Å². The SMILES string of the molecule is CO[C@H]1CC[C@H](C(C)(C)NC(=O)c2cnn3c(C)cc(C)nc23)CC1. The number of nitrogens with zero attached hydrogens (tertiary/aromatic N) is 3. The third-order valence-electron chi connectivity index (χ3n) is 5.49. The minimum Gasteiger partial charge on any atom is -0.381 e. The van der Waals surface area contributed by atoms with Gasteiger partial charge in [-0.25, -0.2) is 9.50 Å². The van der Waals surface area contributed by atoms with E-state index in [9.17, 15) is 4.79 Å². The van der Waals surface area contributed by atoms with Gasteiger partial charge in [0, 0.05) is 24.0 Å². The molecule has 2 heterocycles. The summed E-state index contributed by atoms with van der Waals surface area (Å²) in [6, 6.07) is 1.96. The zero-order valence-corrected chi connectivity index (χ0v) is 15.8. The van der Waals surface area contributed by atoms with Gasteiger partial charge in [0.15, 0.2) is 5.65 Å². The van der Waals surface area contributed by atoms with Crippen LogP contribution in [0.2, 0.25) is 0 Å². The van der Waals surface area contributed by atoms with Crippen molar-refractivity contribution in [2.45, 2.75) is 65.0 Å². The van der Waals surface area contributed by atoms with Gasteiger partial charge in [-0.1, -0.05) is 0 Å². The van der Waals surface area contributed by atoms with E-state index in [4.69, 9.17) is 4.74 Å². The highest BCUT2D eigenvalue weighted by Crippen LogP contribution is 2.33. The summed E-state index contributed by atoms with van der Waals surface area (Å²) in [4.78, 5) is 17.4. The molecule has 1 saturated carbocycles. The number of hydrogen-bond acceptors (Lipinski definition) is 4. The number of nitrogens with one attached hydrogen (secondary N) is 1. The summed E-state index contributed by atoms with van der Waals surface area (Å²) in [6.45, 7) is 8.12. The fourth-order valence-corrected chi connectivity index (χ4v) is 3.91. The van der Waals surface area contributed by atoms with Crippen molar-refractivity contribution in [2.75, 3.05) is 7.11 Å². The lowest BCUT2D eigenvalue weighted by molar-refractivity contribution is 0.0397. The predicted octanol–water partition coefficient (Wildman–Crippen LogP) is 3.06. The Labute approximate surface area is 149 Å². The molecule has 0 saturated heterocycles. The maximum Gasteiger partial charge on any atom is 0.257 e. The van der Waals surface area contributed by atoms with Crippen LogP contribution in [0, 0.1) is 19.8 Å². The molecule has 0 unspecified atom stereocenters. The maximum absolute atomic E-state index is 12.9. The highest BCUT2D eigenvalue weighted by molar-refractivity contribution is 6.00. The van der Waals surface area contributed by atoms with Crippen molar-refractivity contribution >= 4 is 11.6 Å². The lowest BCUT2D eigenvalue weighted by atomic mass is 9.75. The van der Waals surface area contributed by atoms with E-state index in [2.05, 4.69) is 29.2 Å². The zero-order chi connectivity index (χ0) is 18.2. The molecule has 1 aliphatic rings. The minimum atomic E-state index is -0.275. The Morgan fingerprint density at radius 3 is 2.60 bits per heavy atom. The normalized spacial score (nSPS) is 21.5. The van der Waals surface area contributed by atoms with Crippen molar-refractivity contribution in [2.24, 2.45) is 5.92 Å². The Morgan fingerprint density at radius 1 is 1.28 bits per heavy atom. The molecule has 25 heavy (non-hydrogen) atoms. The molecule has 1 fully saturated rings. The molecule has 0 bridgehead atoms. The molecule has 2 aromatic heterocycles. The molecule has 3 rings (SSSR count). The monoisotopic (exact) mass is 344 g/mol. The number of aryl methyl sites for hydroxylation is 2. The van der Waals surface area contributed by atoms with Crippen molar-refractivity contribution in [3.05, 3.63) is 29.2 Å². The molecule has 1 amide bonds. The fourth-order valence-electron chi connectivity index (χ4n) is 3.91. The number of amides is 1. The van der Waals surface area contributed by atoms with Gasteiger partial charge in [0.05, 0.1) is 12.3 Å². The van der Waals surface area contributed by atoms with Crippen molar-refractivity contribution in [1.29, 1.82) is 0 Å². The number of rotatable bonds is 4. The van der Waals surface area contributed by atoms with Crippen LogP contribution in [0.4, 0.5) is 0 Å². The smallest absolute Gasteiger partial charge is 0.257 e. The van der Waals surface area contributed by atoms with E-state index in [1.807, 2.05) is 19.9 Å². The first-order chi connectivity index (χ1) is 11.8. The first kappa shape index (κ1) is 17.9. The highest BCUT2D eigenvalue weighted by atomic mass is 16.5. The van der Waals surface area contributed by atoms with Gasteiger partial charge in [0.25, 0.3) is 5.91 Å². The summed E-state index contributed by atoms with van der Waals surface area (Å²) in [5.74, 6) is 0.340. The van der Waals surface area contributed by atoms with Gasteiger partial charge in [0.2, 0.25) is 0 Å². The number of ether oxygens (including phenoxy) is 1. The molecule has 136 valence electrons. The van der Waals surface area contributed by atoms with Gasteiger partial charge in [-0.2, -0.15) is 5.10 Å². The van der Waals surface area contributed by atoms with Gasteiger partial charge < -0.3 is 10.1 Å². The largest absolute Gasteiger partial charge is 0.381 e. The maximum atomic E-state index is 12.9. The quantitative estimate of drug-likeness (QED) is 0.925. The minimum absolute atomic E-state index is 0.105. The van der Waals surface area contributed by atoms with Crippen LogP contribution in [-0.2, 0) is 4.74 Å². The predicted molar refractivity (Wildman–Crippen MR) is 96.8 cm³/mol. The van der Waals surface area contributed by atoms with Crippen LogP contribution in [0.3, 0.4) is 0 Å². The van der Waals surface area contributed by atoms with Crippen LogP contribution in [0.25, 0.3) is 5.65 Å². The molecular weight excluding hydrogens is 316 g/mol. The van der Waals surface area contributed by atoms with Crippen LogP contribution in [0.15, 0.2) is 12.3 Å². The van der Waals surface area contributed by atoms with Crippen LogP contribution in [-0.4, -0.2) is 39.3 Å². The molecule has 1 N–H and O–H groups in total. The Morgan fingerprint density at radius 2 is 1.96 bits per heavy atom. The number of carbonyl (C=O) groups is 1. The van der Waals surface area contributed by atoms with Crippen LogP contribution in [0.1, 0.15) is 61.3 Å². The molecule has 1 aliphatic carbocycles. The lowest BCUT2D eigenvalue weighted by Crippen LogP contribution is -2.50. The van der Waals surface area contributed by atoms with E-state index in [1.165, 1.54) is 0 Å². The highest BCUT2D eigenvalue weighted by Gasteiger charge is 2.35. The molecule has 6 nitrogen and oxygen atoms in total. The number of fused-ring (bicyclic) bond motifs is 1. The molecule has 0 atom stereocenters. The molecule has 6 heteroatoms. The Balaban J connectivity index is 1.78. The fraction of sp³-hybridized carbons (Fsp3) is 0.632. The van der Waals surface area contributed by atoms with Gasteiger partial charge in [0.1, 0.15) is 5.56 Å². The summed E-state index contributed by atoms with van der Waals surface area (Å²) in [5.41, 5.74) is 2.73. The molecule has 0 aromatic carbocycles. The van der Waals surface area contributed by atoms with E-state index in [-0.39, 0.29) is 11.4 Å². The lowest BCUT2D eigenvalue weighted by Gasteiger charge is -2.39. The van der Waals surface area contributed by atoms with Crippen LogP contribution < -0.4 is 5.32 Å². The van der Waals surface area contributed by atoms with E-state index in [0.717, 1.165) is 37.1 Å². The van der Waals surface area contributed by atoms with Crippen molar-refractivity contribution in [3.63, 3.8) is 0 Å². The molecule has 2 aromatic rings. The van der Waals surface area contributed by atoms with Gasteiger partial charge >= 0.3 is 0 Å². The Hall–Kier alpha value is -1.95. The number of aromatic nitrogens is 3. The number of hydrogen-bond donors (Lipinski definition) is 1. The standard InChI is InChI=1S/C19H28N4O2/c1-12-10-13(2)23-17(21-12)16(11-20-23)18(24)22-19(3,4)14-6-8-15(25-5)9-7-14/h10-11,14-15H,6-9H2,1-5H3,(H,22,24)/t14-,15-. The van der Waals surface area contributed by atoms with Crippen LogP contribution in [0.5, 0.6) is 0 Å². The second kappa shape index (κ2) is 6.75. The molecule has 0 spiro atoms. The summed E-state index contributed by atoms with van der Waals surface area (Å²) < 4.78 is 7.18. The second-order valence-electron chi connectivity index (χ2n) is 7.72. The van der Waals surface area contributed by atoms with E-state index < -0.39 is 0 Å². The van der Waals surface area contributed by atoms with E-state index in [0.29, 0.717) is 23.2 Å². The Kier molecular flexibility index (Phi) is 4.82. The summed E-state index contributed by atoms with van der Waals surface area (Å²) >= 11 is 0. The average molecular weight is 344 g/mol. The average Bonchev–Trinajstić information content (AvgIpc) is 2.98. The third-order valence-corrected chi connectivity index (χ3v) is 5.49. The van der Waals surface area contributed by atoms with Crippen molar-refractivity contribution < 1.29 is 9.53 Å². The van der Waals surface area contributed by atoms with Crippen molar-refractivity contribution in [1.82, 2.24) is 19.9 Å². The molecule has 0 aliphatic heterocycles. The van der Waals surface area contributed by atoms with E-state index >= 15 is 0 Å². The number of methoxy groups -OCH3 is 1. The summed E-state index contributed by atoms with van der Waals surface area (Å²) in [6.07, 6.45) is 6.21. The molecular formula is C19H28N4O2. The van der Waals surface area contributed by atoms with Gasteiger partial charge in [-0.05, 0) is 65.4 Å². The van der Waals surface area contributed by atoms with E-state index in [1.54, 1.807) is 17.8 Å². The summed E-state index contributed by atoms with van der Waals surface area (Å²) in [7, 11) is 1.78. The second-order valence-corrected chi connectivity index (χ2v) is 7.72. The molecule has 0 radical (unpaired) electrons. The zero-order valence-electron chi connectivity index (χ0n) is 15.8. The topological polar surface area (TPSA) is 68.5 Å². The summed E-state index contributed by atoms with van der Waals surface area (Å²) in [5, 5.41) is 7.54. The first-order valence-electron chi connectivity index (χ1n) is 8.99. The first-order valence-corrected chi connectivity index (χ1v) is 8.99. The third kappa shape index (κ3) is 3.54.